The van der Waals surface area contributed by atoms with Gasteiger partial charge in [0.1, 0.15) is 5.69 Å². The van der Waals surface area contributed by atoms with Crippen LogP contribution in [0.15, 0.2) is 24.5 Å². The third kappa shape index (κ3) is 1.71. The molecule has 0 spiro atoms. The van der Waals surface area contributed by atoms with Crippen LogP contribution in [-0.4, -0.2) is 13.7 Å². The van der Waals surface area contributed by atoms with Crippen LogP contribution in [-0.2, 0) is 6.54 Å². The van der Waals surface area contributed by atoms with Gasteiger partial charge in [0.25, 0.3) is 0 Å². The lowest BCUT2D eigenvalue weighted by molar-refractivity contribution is 0.991. The quantitative estimate of drug-likeness (QED) is 0.772. The summed E-state index contributed by atoms with van der Waals surface area (Å²) < 4.78 is 8.06. The van der Waals surface area contributed by atoms with E-state index in [0.29, 0.717) is 6.54 Å². The Hall–Kier alpha value is -1.33. The normalized spacial score (nSPS) is 10.2. The second-order valence-corrected chi connectivity index (χ2v) is 3.09. The molecule has 0 saturated heterocycles. The lowest BCUT2D eigenvalue weighted by atomic mass is 10.2. The van der Waals surface area contributed by atoms with Crippen molar-refractivity contribution < 1.29 is 0 Å². The highest BCUT2D eigenvalue weighted by atomic mass is 32.1. The third-order valence-corrected chi connectivity index (χ3v) is 2.16. The molecular formula is C8H8N4S. The van der Waals surface area contributed by atoms with Crippen molar-refractivity contribution in [3.63, 3.8) is 0 Å². The molecule has 0 aliphatic carbocycles. The summed E-state index contributed by atoms with van der Waals surface area (Å²) in [7, 11) is 0. The van der Waals surface area contributed by atoms with Gasteiger partial charge in [0.05, 0.1) is 23.6 Å². The van der Waals surface area contributed by atoms with Crippen molar-refractivity contribution in [1.29, 1.82) is 0 Å². The van der Waals surface area contributed by atoms with Crippen LogP contribution in [0, 0.1) is 0 Å². The Balaban J connectivity index is 2.41. The second kappa shape index (κ2) is 3.59. The monoisotopic (exact) mass is 192 g/mol. The van der Waals surface area contributed by atoms with Crippen molar-refractivity contribution in [1.82, 2.24) is 13.7 Å². The summed E-state index contributed by atoms with van der Waals surface area (Å²) in [5.74, 6) is 0. The number of hydrogen-bond donors (Lipinski definition) is 1. The van der Waals surface area contributed by atoms with Gasteiger partial charge in [-0.15, -0.1) is 0 Å². The molecule has 0 radical (unpaired) electrons. The largest absolute Gasteiger partial charge is 0.325 e. The zero-order valence-electron chi connectivity index (χ0n) is 6.84. The molecule has 13 heavy (non-hydrogen) atoms. The molecule has 2 N–H and O–H groups in total. The second-order valence-electron chi connectivity index (χ2n) is 2.53. The summed E-state index contributed by atoms with van der Waals surface area (Å²) >= 11 is 1.20. The Kier molecular flexibility index (Phi) is 2.29. The van der Waals surface area contributed by atoms with Crippen LogP contribution >= 0.6 is 11.7 Å². The summed E-state index contributed by atoms with van der Waals surface area (Å²) in [4.78, 5) is 4.10. The molecule has 4 nitrogen and oxygen atoms in total. The third-order valence-electron chi connectivity index (χ3n) is 1.68. The van der Waals surface area contributed by atoms with E-state index in [1.165, 1.54) is 11.7 Å². The average Bonchev–Trinajstić information content (AvgIpc) is 2.71. The Morgan fingerprint density at radius 3 is 3.08 bits per heavy atom. The van der Waals surface area contributed by atoms with Gasteiger partial charge in [-0.3, -0.25) is 4.98 Å². The molecule has 0 amide bonds. The molecule has 2 aromatic heterocycles. The fourth-order valence-corrected chi connectivity index (χ4v) is 1.48. The Morgan fingerprint density at radius 1 is 1.46 bits per heavy atom. The molecule has 2 aromatic rings. The molecule has 2 rings (SSSR count). The standard InChI is InChI=1S/C8H8N4S/c9-4-7-3-6(1-2-10-7)8-5-11-13-12-8/h1-3,5H,4,9H2. The summed E-state index contributed by atoms with van der Waals surface area (Å²) in [6.07, 6.45) is 3.47. The molecule has 0 bridgehead atoms. The Morgan fingerprint density at radius 2 is 2.38 bits per heavy atom. The van der Waals surface area contributed by atoms with Crippen LogP contribution in [0.4, 0.5) is 0 Å². The predicted molar refractivity (Wildman–Crippen MR) is 51.0 cm³/mol. The first kappa shape index (κ1) is 8.28. The van der Waals surface area contributed by atoms with E-state index in [2.05, 4.69) is 13.7 Å². The highest BCUT2D eigenvalue weighted by Crippen LogP contribution is 2.16. The van der Waals surface area contributed by atoms with E-state index in [1.54, 1.807) is 12.4 Å². The maximum absolute atomic E-state index is 5.48. The maximum atomic E-state index is 5.48. The minimum Gasteiger partial charge on any atom is -0.325 e. The van der Waals surface area contributed by atoms with Crippen molar-refractivity contribution in [3.05, 3.63) is 30.2 Å². The zero-order chi connectivity index (χ0) is 9.10. The summed E-state index contributed by atoms with van der Waals surface area (Å²) in [6, 6.07) is 3.83. The van der Waals surface area contributed by atoms with E-state index in [1.807, 2.05) is 12.1 Å². The van der Waals surface area contributed by atoms with E-state index in [0.717, 1.165) is 17.0 Å². The van der Waals surface area contributed by atoms with Gasteiger partial charge >= 0.3 is 0 Å². The van der Waals surface area contributed by atoms with E-state index >= 15 is 0 Å². The topological polar surface area (TPSA) is 64.7 Å². The number of aromatic nitrogens is 3. The van der Waals surface area contributed by atoms with Gasteiger partial charge in [-0.1, -0.05) is 0 Å². The predicted octanol–water partition coefficient (Wildman–Crippen LogP) is 1.06. The van der Waals surface area contributed by atoms with E-state index in [4.69, 9.17) is 5.73 Å². The molecule has 0 fully saturated rings. The summed E-state index contributed by atoms with van der Waals surface area (Å²) in [6.45, 7) is 0.450. The smallest absolute Gasteiger partial charge is 0.104 e. The van der Waals surface area contributed by atoms with Crippen LogP contribution < -0.4 is 5.73 Å². The minimum absolute atomic E-state index is 0.450. The lowest BCUT2D eigenvalue weighted by Gasteiger charge is -1.98. The first-order valence-electron chi connectivity index (χ1n) is 3.83. The molecule has 5 heteroatoms. The van der Waals surface area contributed by atoms with Gasteiger partial charge in [-0.05, 0) is 12.1 Å². The van der Waals surface area contributed by atoms with Crippen molar-refractivity contribution in [2.45, 2.75) is 6.54 Å². The van der Waals surface area contributed by atoms with E-state index in [9.17, 15) is 0 Å². The van der Waals surface area contributed by atoms with Gasteiger partial charge in [0, 0.05) is 18.3 Å². The Labute approximate surface area is 79.8 Å². The van der Waals surface area contributed by atoms with Crippen molar-refractivity contribution in [2.24, 2.45) is 5.73 Å². The molecule has 2 heterocycles. The molecule has 66 valence electrons. The van der Waals surface area contributed by atoms with Crippen molar-refractivity contribution in [3.8, 4) is 11.3 Å². The summed E-state index contributed by atoms with van der Waals surface area (Å²) in [5.41, 5.74) is 8.24. The molecule has 0 atom stereocenters. The Bertz CT molecular complexity index is 385. The SMILES string of the molecule is NCc1cc(-c2cnsn2)ccn1. The van der Waals surface area contributed by atoms with Crippen LogP contribution in [0.5, 0.6) is 0 Å². The van der Waals surface area contributed by atoms with E-state index in [-0.39, 0.29) is 0 Å². The molecular weight excluding hydrogens is 184 g/mol. The first-order chi connectivity index (χ1) is 6.40. The molecule has 0 aliphatic rings. The fraction of sp³-hybridized carbons (Fsp3) is 0.125. The number of rotatable bonds is 2. The van der Waals surface area contributed by atoms with Crippen molar-refractivity contribution in [2.75, 3.05) is 0 Å². The molecule has 0 saturated carbocycles. The van der Waals surface area contributed by atoms with Gasteiger partial charge in [-0.2, -0.15) is 8.75 Å². The van der Waals surface area contributed by atoms with Crippen molar-refractivity contribution >= 4 is 11.7 Å². The maximum Gasteiger partial charge on any atom is 0.104 e. The zero-order valence-corrected chi connectivity index (χ0v) is 7.66. The van der Waals surface area contributed by atoms with Gasteiger partial charge in [0.15, 0.2) is 0 Å². The number of hydrogen-bond acceptors (Lipinski definition) is 5. The number of nitrogens with two attached hydrogens (primary N) is 1. The van der Waals surface area contributed by atoms with Crippen LogP contribution in [0.25, 0.3) is 11.3 Å². The molecule has 0 aliphatic heterocycles. The highest BCUT2D eigenvalue weighted by molar-refractivity contribution is 6.99. The number of pyridine rings is 1. The minimum atomic E-state index is 0.450. The van der Waals surface area contributed by atoms with Gasteiger partial charge in [-0.25, -0.2) is 0 Å². The van der Waals surface area contributed by atoms with Crippen LogP contribution in [0.3, 0.4) is 0 Å². The van der Waals surface area contributed by atoms with E-state index < -0.39 is 0 Å². The first-order valence-corrected chi connectivity index (χ1v) is 4.56. The van der Waals surface area contributed by atoms with Crippen LogP contribution in [0.2, 0.25) is 0 Å². The number of nitrogens with zero attached hydrogens (tertiary/aromatic N) is 3. The lowest BCUT2D eigenvalue weighted by Crippen LogP contribution is -1.98. The van der Waals surface area contributed by atoms with Gasteiger partial charge < -0.3 is 5.73 Å². The molecule has 0 unspecified atom stereocenters. The average molecular weight is 192 g/mol. The molecule has 0 aromatic carbocycles. The van der Waals surface area contributed by atoms with Gasteiger partial charge in [0.2, 0.25) is 0 Å². The van der Waals surface area contributed by atoms with Crippen LogP contribution in [0.1, 0.15) is 5.69 Å². The highest BCUT2D eigenvalue weighted by Gasteiger charge is 2.01. The summed E-state index contributed by atoms with van der Waals surface area (Å²) in [5, 5.41) is 0. The fourth-order valence-electron chi connectivity index (χ4n) is 1.04.